The van der Waals surface area contributed by atoms with Crippen molar-refractivity contribution in [1.29, 1.82) is 0 Å². The summed E-state index contributed by atoms with van der Waals surface area (Å²) in [6.45, 7) is 1.67. The molecule has 0 radical (unpaired) electrons. The predicted molar refractivity (Wildman–Crippen MR) is 125 cm³/mol. The number of rotatable bonds is 6. The highest BCUT2D eigenvalue weighted by molar-refractivity contribution is 7.91. The number of carboxylic acids is 1. The van der Waals surface area contributed by atoms with E-state index in [1.807, 2.05) is 24.3 Å². The number of halogens is 1. The number of nitrogens with one attached hydrogen (secondary N) is 2. The molecule has 0 aliphatic rings. The van der Waals surface area contributed by atoms with Crippen molar-refractivity contribution in [3.63, 3.8) is 0 Å². The number of para-hydroxylation sites is 1. The second kappa shape index (κ2) is 9.19. The molecule has 33 heavy (non-hydrogen) atoms. The number of hydrogen-bond acceptors (Lipinski definition) is 4. The van der Waals surface area contributed by atoms with Gasteiger partial charge in [-0.3, -0.25) is 4.79 Å². The molecule has 0 aliphatic carbocycles. The van der Waals surface area contributed by atoms with Crippen LogP contribution in [0, 0.1) is 17.7 Å². The Labute approximate surface area is 194 Å². The zero-order valence-corrected chi connectivity index (χ0v) is 19.0. The van der Waals surface area contributed by atoms with E-state index < -0.39 is 28.0 Å². The SMILES string of the molecule is C[C@H](c1c[nH]c2ccccc12)[C@@H](NS(=O)(=O)c1ccc(C#Cc2ccc(F)cc2)s1)C(=O)O. The lowest BCUT2D eigenvalue weighted by Gasteiger charge is -2.21. The monoisotopic (exact) mass is 482 g/mol. The van der Waals surface area contributed by atoms with Crippen LogP contribution in [0.1, 0.15) is 28.8 Å². The van der Waals surface area contributed by atoms with Gasteiger partial charge in [-0.05, 0) is 48.0 Å². The van der Waals surface area contributed by atoms with Crippen LogP contribution in [0.25, 0.3) is 10.9 Å². The lowest BCUT2D eigenvalue weighted by Crippen LogP contribution is -2.43. The third kappa shape index (κ3) is 4.98. The quantitative estimate of drug-likeness (QED) is 0.357. The van der Waals surface area contributed by atoms with Crippen LogP contribution >= 0.6 is 11.3 Å². The van der Waals surface area contributed by atoms with Gasteiger partial charge in [0.15, 0.2) is 0 Å². The standard InChI is InChI=1S/C24H19FN2O4S2/c1-15(20-14-26-21-5-3-2-4-19(20)21)23(24(28)29)27-33(30,31)22-13-12-18(32-22)11-8-16-6-9-17(25)10-7-16/h2-7,9-10,12-15,23,26-27H,1H3,(H,28,29)/t15-,23-/m1/s1. The summed E-state index contributed by atoms with van der Waals surface area (Å²) in [6, 6.07) is 14.6. The molecule has 0 unspecified atom stereocenters. The molecule has 4 aromatic rings. The van der Waals surface area contributed by atoms with Crippen molar-refractivity contribution in [3.05, 3.63) is 88.7 Å². The number of benzene rings is 2. The fourth-order valence-corrected chi connectivity index (χ4v) is 5.89. The smallest absolute Gasteiger partial charge is 0.322 e. The van der Waals surface area contributed by atoms with Crippen molar-refractivity contribution in [1.82, 2.24) is 9.71 Å². The van der Waals surface area contributed by atoms with E-state index in [1.54, 1.807) is 19.2 Å². The van der Waals surface area contributed by atoms with Gasteiger partial charge in [0.05, 0.1) is 4.88 Å². The van der Waals surface area contributed by atoms with Gasteiger partial charge in [0, 0.05) is 28.6 Å². The second-order valence-electron chi connectivity index (χ2n) is 7.39. The molecule has 0 amide bonds. The average molecular weight is 483 g/mol. The summed E-state index contributed by atoms with van der Waals surface area (Å²) in [5.41, 5.74) is 2.14. The molecule has 0 fully saturated rings. The third-order valence-electron chi connectivity index (χ3n) is 5.18. The molecule has 0 bridgehead atoms. The molecule has 4 rings (SSSR count). The number of aromatic nitrogens is 1. The lowest BCUT2D eigenvalue weighted by atomic mass is 9.93. The molecular formula is C24H19FN2O4S2. The van der Waals surface area contributed by atoms with E-state index in [4.69, 9.17) is 0 Å². The topological polar surface area (TPSA) is 99.3 Å². The summed E-state index contributed by atoms with van der Waals surface area (Å²) in [5, 5.41) is 10.6. The average Bonchev–Trinajstić information content (AvgIpc) is 3.44. The van der Waals surface area contributed by atoms with Crippen molar-refractivity contribution in [3.8, 4) is 11.8 Å². The van der Waals surface area contributed by atoms with Crippen LogP contribution in [-0.2, 0) is 14.8 Å². The van der Waals surface area contributed by atoms with Gasteiger partial charge in [0.2, 0.25) is 0 Å². The molecule has 0 saturated carbocycles. The number of carboxylic acid groups (broad SMARTS) is 1. The normalized spacial score (nSPS) is 13.3. The van der Waals surface area contributed by atoms with Crippen LogP contribution in [0.5, 0.6) is 0 Å². The fourth-order valence-electron chi connectivity index (χ4n) is 3.44. The molecule has 2 aromatic carbocycles. The maximum atomic E-state index is 13.0. The molecule has 3 N–H and O–H groups in total. The Balaban J connectivity index is 1.56. The number of H-pyrrole nitrogens is 1. The van der Waals surface area contributed by atoms with E-state index in [2.05, 4.69) is 21.5 Å². The first-order valence-electron chi connectivity index (χ1n) is 9.93. The summed E-state index contributed by atoms with van der Waals surface area (Å²) in [4.78, 5) is 15.6. The zero-order valence-electron chi connectivity index (χ0n) is 17.4. The van der Waals surface area contributed by atoms with Gasteiger partial charge < -0.3 is 10.1 Å². The van der Waals surface area contributed by atoms with Crippen molar-refractivity contribution >= 4 is 38.2 Å². The van der Waals surface area contributed by atoms with E-state index in [9.17, 15) is 22.7 Å². The van der Waals surface area contributed by atoms with Gasteiger partial charge in [-0.15, -0.1) is 11.3 Å². The number of aliphatic carboxylic acids is 1. The molecular weight excluding hydrogens is 463 g/mol. The van der Waals surface area contributed by atoms with Crippen LogP contribution in [0.3, 0.4) is 0 Å². The molecule has 0 spiro atoms. The van der Waals surface area contributed by atoms with Gasteiger partial charge in [-0.25, -0.2) is 12.8 Å². The first kappa shape index (κ1) is 22.7. The minimum absolute atomic E-state index is 0.0386. The molecule has 0 aliphatic heterocycles. The summed E-state index contributed by atoms with van der Waals surface area (Å²) in [7, 11) is -4.10. The minimum Gasteiger partial charge on any atom is -0.480 e. The van der Waals surface area contributed by atoms with E-state index in [1.165, 1.54) is 30.3 Å². The number of aromatic amines is 1. The van der Waals surface area contributed by atoms with E-state index in [-0.39, 0.29) is 10.0 Å². The third-order valence-corrected chi connectivity index (χ3v) is 8.11. The van der Waals surface area contributed by atoms with E-state index in [0.717, 1.165) is 22.2 Å². The predicted octanol–water partition coefficient (Wildman–Crippen LogP) is 4.30. The minimum atomic E-state index is -4.10. The largest absolute Gasteiger partial charge is 0.480 e. The summed E-state index contributed by atoms with van der Waals surface area (Å²) >= 11 is 0.930. The molecule has 2 atom stereocenters. The molecule has 2 aromatic heterocycles. The van der Waals surface area contributed by atoms with Crippen molar-refractivity contribution < 1.29 is 22.7 Å². The highest BCUT2D eigenvalue weighted by Crippen LogP contribution is 2.29. The van der Waals surface area contributed by atoms with Gasteiger partial charge in [0.1, 0.15) is 16.1 Å². The Morgan fingerprint density at radius 2 is 1.82 bits per heavy atom. The Morgan fingerprint density at radius 1 is 1.09 bits per heavy atom. The second-order valence-corrected chi connectivity index (χ2v) is 10.4. The Morgan fingerprint density at radius 3 is 2.55 bits per heavy atom. The maximum Gasteiger partial charge on any atom is 0.322 e. The van der Waals surface area contributed by atoms with Gasteiger partial charge in [-0.1, -0.05) is 37.0 Å². The van der Waals surface area contributed by atoms with Crippen LogP contribution in [-0.4, -0.2) is 30.5 Å². The Kier molecular flexibility index (Phi) is 6.33. The van der Waals surface area contributed by atoms with Crippen molar-refractivity contribution in [2.24, 2.45) is 0 Å². The molecule has 2 heterocycles. The summed E-state index contributed by atoms with van der Waals surface area (Å²) in [5.74, 6) is 3.42. The number of carbonyl (C=O) groups is 1. The lowest BCUT2D eigenvalue weighted by molar-refractivity contribution is -0.139. The van der Waals surface area contributed by atoms with Crippen LogP contribution < -0.4 is 4.72 Å². The Hall–Kier alpha value is -3.45. The fraction of sp³-hybridized carbons (Fsp3) is 0.125. The van der Waals surface area contributed by atoms with Gasteiger partial charge in [0.25, 0.3) is 10.0 Å². The first-order chi connectivity index (χ1) is 15.7. The van der Waals surface area contributed by atoms with Gasteiger partial charge in [-0.2, -0.15) is 4.72 Å². The van der Waals surface area contributed by atoms with Crippen LogP contribution in [0.4, 0.5) is 4.39 Å². The van der Waals surface area contributed by atoms with Crippen LogP contribution in [0.2, 0.25) is 0 Å². The maximum absolute atomic E-state index is 13.0. The summed E-state index contributed by atoms with van der Waals surface area (Å²) < 4.78 is 41.2. The van der Waals surface area contributed by atoms with Crippen molar-refractivity contribution in [2.75, 3.05) is 0 Å². The highest BCUT2D eigenvalue weighted by atomic mass is 32.2. The Bertz CT molecular complexity index is 1480. The molecule has 6 nitrogen and oxygen atoms in total. The first-order valence-corrected chi connectivity index (χ1v) is 12.2. The number of sulfonamides is 1. The van der Waals surface area contributed by atoms with Crippen molar-refractivity contribution in [2.45, 2.75) is 23.1 Å². The van der Waals surface area contributed by atoms with E-state index >= 15 is 0 Å². The number of hydrogen-bond donors (Lipinski definition) is 3. The molecule has 0 saturated heterocycles. The number of fused-ring (bicyclic) bond motifs is 1. The van der Waals surface area contributed by atoms with Gasteiger partial charge >= 0.3 is 5.97 Å². The summed E-state index contributed by atoms with van der Waals surface area (Å²) in [6.07, 6.45) is 1.70. The molecule has 9 heteroatoms. The number of thiophene rings is 1. The van der Waals surface area contributed by atoms with E-state index in [0.29, 0.717) is 16.0 Å². The molecule has 168 valence electrons. The highest BCUT2D eigenvalue weighted by Gasteiger charge is 2.33. The van der Waals surface area contributed by atoms with Crippen LogP contribution in [0.15, 0.2) is 71.1 Å². The zero-order chi connectivity index (χ0) is 23.6.